The Hall–Kier alpha value is -0.890. The first-order valence-electron chi connectivity index (χ1n) is 5.02. The van der Waals surface area contributed by atoms with Crippen LogP contribution in [0.1, 0.15) is 38.3 Å². The smallest absolute Gasteiger partial charge is 0.0520 e. The van der Waals surface area contributed by atoms with Gasteiger partial charge in [0.05, 0.1) is 6.10 Å². The lowest BCUT2D eigenvalue weighted by molar-refractivity contribution is 0.156. The van der Waals surface area contributed by atoms with E-state index in [1.807, 2.05) is 19.2 Å². The summed E-state index contributed by atoms with van der Waals surface area (Å²) < 4.78 is 0. The maximum absolute atomic E-state index is 9.42. The van der Waals surface area contributed by atoms with Crippen molar-refractivity contribution in [3.63, 3.8) is 0 Å². The number of nitrogens with zero attached hydrogens (tertiary/aromatic N) is 1. The zero-order valence-electron chi connectivity index (χ0n) is 9.41. The van der Waals surface area contributed by atoms with E-state index in [2.05, 4.69) is 25.8 Å². The van der Waals surface area contributed by atoms with Gasteiger partial charge in [-0.2, -0.15) is 0 Å². The molecule has 0 bridgehead atoms. The minimum atomic E-state index is -0.274. The lowest BCUT2D eigenvalue weighted by Gasteiger charge is -2.27. The molecular formula is C12H19NO. The van der Waals surface area contributed by atoms with Crippen molar-refractivity contribution in [1.29, 1.82) is 0 Å². The molecule has 0 aliphatic carbocycles. The van der Waals surface area contributed by atoms with Crippen LogP contribution in [0.5, 0.6) is 0 Å². The van der Waals surface area contributed by atoms with Crippen molar-refractivity contribution in [3.05, 3.63) is 29.6 Å². The van der Waals surface area contributed by atoms with E-state index >= 15 is 0 Å². The van der Waals surface area contributed by atoms with E-state index in [4.69, 9.17) is 0 Å². The van der Waals surface area contributed by atoms with Crippen molar-refractivity contribution in [2.75, 3.05) is 0 Å². The topological polar surface area (TPSA) is 33.1 Å². The molecule has 2 heteroatoms. The van der Waals surface area contributed by atoms with Crippen molar-refractivity contribution < 1.29 is 5.11 Å². The molecule has 78 valence electrons. The Morgan fingerprint density at radius 2 is 2.14 bits per heavy atom. The molecular weight excluding hydrogens is 174 g/mol. The number of aryl methyl sites for hydroxylation is 1. The van der Waals surface area contributed by atoms with Crippen LogP contribution in [0.25, 0.3) is 0 Å². The highest BCUT2D eigenvalue weighted by Crippen LogP contribution is 2.29. The van der Waals surface area contributed by atoms with Gasteiger partial charge in [0.15, 0.2) is 0 Å². The third kappa shape index (κ3) is 2.55. The zero-order chi connectivity index (χ0) is 10.8. The van der Waals surface area contributed by atoms with Crippen LogP contribution in [0.2, 0.25) is 0 Å². The molecule has 0 aliphatic heterocycles. The molecule has 0 fully saturated rings. The fourth-order valence-corrected chi connectivity index (χ4v) is 2.02. The molecule has 2 nitrogen and oxygen atoms in total. The Morgan fingerprint density at radius 1 is 1.50 bits per heavy atom. The molecule has 1 atom stereocenters. The highest BCUT2D eigenvalue weighted by molar-refractivity contribution is 5.29. The van der Waals surface area contributed by atoms with E-state index in [0.29, 0.717) is 0 Å². The van der Waals surface area contributed by atoms with Crippen molar-refractivity contribution in [2.45, 2.75) is 45.6 Å². The third-order valence-electron chi connectivity index (χ3n) is 2.57. The summed E-state index contributed by atoms with van der Waals surface area (Å²) in [6.45, 7) is 8.20. The Labute approximate surface area is 86.0 Å². The highest BCUT2D eigenvalue weighted by Gasteiger charge is 2.24. The normalized spacial score (nSPS) is 14.1. The lowest BCUT2D eigenvalue weighted by Crippen LogP contribution is -2.24. The number of hydrogen-bond acceptors (Lipinski definition) is 2. The molecule has 1 rings (SSSR count). The average molecular weight is 193 g/mol. The molecule has 1 N–H and O–H groups in total. The van der Waals surface area contributed by atoms with Crippen LogP contribution in [-0.4, -0.2) is 16.2 Å². The van der Waals surface area contributed by atoms with Crippen molar-refractivity contribution in [2.24, 2.45) is 0 Å². The fourth-order valence-electron chi connectivity index (χ4n) is 2.02. The van der Waals surface area contributed by atoms with Crippen LogP contribution >= 0.6 is 0 Å². The average Bonchev–Trinajstić information content (AvgIpc) is 2.02. The van der Waals surface area contributed by atoms with Gasteiger partial charge in [-0.1, -0.05) is 13.8 Å². The van der Waals surface area contributed by atoms with Gasteiger partial charge < -0.3 is 5.11 Å². The van der Waals surface area contributed by atoms with Gasteiger partial charge in [0.2, 0.25) is 0 Å². The van der Waals surface area contributed by atoms with E-state index in [1.165, 1.54) is 11.1 Å². The first-order chi connectivity index (χ1) is 6.43. The SMILES string of the molecule is Cc1ccncc1C(C)(C)CC(C)O. The quantitative estimate of drug-likeness (QED) is 0.799. The van der Waals surface area contributed by atoms with Gasteiger partial charge >= 0.3 is 0 Å². The molecule has 0 saturated carbocycles. The van der Waals surface area contributed by atoms with Crippen molar-refractivity contribution >= 4 is 0 Å². The van der Waals surface area contributed by atoms with Gasteiger partial charge in [-0.15, -0.1) is 0 Å². The monoisotopic (exact) mass is 193 g/mol. The minimum Gasteiger partial charge on any atom is -0.393 e. The number of pyridine rings is 1. The van der Waals surface area contributed by atoms with Gasteiger partial charge in [0.25, 0.3) is 0 Å². The van der Waals surface area contributed by atoms with Crippen LogP contribution in [0.15, 0.2) is 18.5 Å². The molecule has 0 radical (unpaired) electrons. The summed E-state index contributed by atoms with van der Waals surface area (Å²) in [5.74, 6) is 0. The van der Waals surface area contributed by atoms with Crippen LogP contribution < -0.4 is 0 Å². The van der Waals surface area contributed by atoms with Crippen molar-refractivity contribution in [3.8, 4) is 0 Å². The largest absolute Gasteiger partial charge is 0.393 e. The Morgan fingerprint density at radius 3 is 2.64 bits per heavy atom. The Balaban J connectivity index is 2.97. The van der Waals surface area contributed by atoms with Crippen LogP contribution in [0.4, 0.5) is 0 Å². The fraction of sp³-hybridized carbons (Fsp3) is 0.583. The number of hydrogen-bond donors (Lipinski definition) is 1. The predicted molar refractivity (Wildman–Crippen MR) is 58.3 cm³/mol. The molecule has 0 amide bonds. The van der Waals surface area contributed by atoms with E-state index < -0.39 is 0 Å². The molecule has 1 unspecified atom stereocenters. The molecule has 0 saturated heterocycles. The number of aliphatic hydroxyl groups excluding tert-OH is 1. The maximum atomic E-state index is 9.42. The third-order valence-corrected chi connectivity index (χ3v) is 2.57. The van der Waals surface area contributed by atoms with Gasteiger partial charge in [0, 0.05) is 12.4 Å². The summed E-state index contributed by atoms with van der Waals surface area (Å²) in [6, 6.07) is 2.01. The number of aliphatic hydroxyl groups is 1. The minimum absolute atomic E-state index is 0.00743. The van der Waals surface area contributed by atoms with Gasteiger partial charge in [-0.05, 0) is 42.9 Å². The van der Waals surface area contributed by atoms with E-state index in [1.54, 1.807) is 6.20 Å². The predicted octanol–water partition coefficient (Wildman–Crippen LogP) is 2.44. The van der Waals surface area contributed by atoms with E-state index in [9.17, 15) is 5.11 Å². The summed E-state index contributed by atoms with van der Waals surface area (Å²) in [5, 5.41) is 9.42. The van der Waals surface area contributed by atoms with Gasteiger partial charge in [0.1, 0.15) is 0 Å². The standard InChI is InChI=1S/C12H19NO/c1-9-5-6-13-8-11(9)12(3,4)7-10(2)14/h5-6,8,10,14H,7H2,1-4H3. The first-order valence-corrected chi connectivity index (χ1v) is 5.02. The Bertz CT molecular complexity index is 305. The summed E-state index contributed by atoms with van der Waals surface area (Å²) in [4.78, 5) is 4.14. The molecule has 1 aromatic heterocycles. The van der Waals surface area contributed by atoms with Crippen LogP contribution in [0, 0.1) is 6.92 Å². The second kappa shape index (κ2) is 4.09. The van der Waals surface area contributed by atoms with Gasteiger partial charge in [-0.25, -0.2) is 0 Å². The van der Waals surface area contributed by atoms with E-state index in [0.717, 1.165) is 6.42 Å². The van der Waals surface area contributed by atoms with Crippen LogP contribution in [-0.2, 0) is 5.41 Å². The molecule has 14 heavy (non-hydrogen) atoms. The lowest BCUT2D eigenvalue weighted by atomic mass is 9.79. The molecule has 0 spiro atoms. The van der Waals surface area contributed by atoms with Gasteiger partial charge in [-0.3, -0.25) is 4.98 Å². The maximum Gasteiger partial charge on any atom is 0.0520 e. The summed E-state index contributed by atoms with van der Waals surface area (Å²) in [5.41, 5.74) is 2.46. The summed E-state index contributed by atoms with van der Waals surface area (Å²) >= 11 is 0. The summed E-state index contributed by atoms with van der Waals surface area (Å²) in [6.07, 6.45) is 4.19. The number of rotatable bonds is 3. The molecule has 1 heterocycles. The Kier molecular flexibility index (Phi) is 3.27. The summed E-state index contributed by atoms with van der Waals surface area (Å²) in [7, 11) is 0. The molecule has 0 aliphatic rings. The highest BCUT2D eigenvalue weighted by atomic mass is 16.3. The second-order valence-corrected chi connectivity index (χ2v) is 4.63. The number of aromatic nitrogens is 1. The van der Waals surface area contributed by atoms with Crippen LogP contribution in [0.3, 0.4) is 0 Å². The van der Waals surface area contributed by atoms with Crippen molar-refractivity contribution in [1.82, 2.24) is 4.98 Å². The first kappa shape index (κ1) is 11.2. The second-order valence-electron chi connectivity index (χ2n) is 4.63. The zero-order valence-corrected chi connectivity index (χ0v) is 9.41. The van der Waals surface area contributed by atoms with E-state index in [-0.39, 0.29) is 11.5 Å². The molecule has 1 aromatic rings. The molecule has 0 aromatic carbocycles.